The number of rotatable bonds is 4. The minimum Gasteiger partial charge on any atom is -0.369 e. The molecule has 0 atom stereocenters. The van der Waals surface area contributed by atoms with Gasteiger partial charge in [-0.3, -0.25) is 9.59 Å². The smallest absolute Gasteiger partial charge is 0.229 e. The van der Waals surface area contributed by atoms with Crippen LogP contribution in [-0.2, 0) is 21.9 Å². The van der Waals surface area contributed by atoms with E-state index in [1.54, 1.807) is 4.90 Å². The normalized spacial score (nSPS) is 16.6. The van der Waals surface area contributed by atoms with Gasteiger partial charge in [-0.25, -0.2) is 4.98 Å². The Morgan fingerprint density at radius 1 is 1.47 bits per heavy atom. The number of likely N-dealkylation sites (tertiary alicyclic amines) is 1. The van der Waals surface area contributed by atoms with Gasteiger partial charge in [0.25, 0.3) is 0 Å². The number of amides is 2. The number of primary amides is 1. The van der Waals surface area contributed by atoms with Crippen LogP contribution in [0.4, 0.5) is 0 Å². The first-order valence-corrected chi connectivity index (χ1v) is 7.58. The van der Waals surface area contributed by atoms with Crippen LogP contribution in [0.15, 0.2) is 5.38 Å². The Labute approximate surface area is 120 Å². The van der Waals surface area contributed by atoms with Crippen molar-refractivity contribution in [2.24, 2.45) is 11.7 Å². The van der Waals surface area contributed by atoms with Crippen molar-refractivity contribution in [3.05, 3.63) is 16.1 Å². The molecule has 1 aromatic rings. The van der Waals surface area contributed by atoms with E-state index in [4.69, 9.17) is 17.3 Å². The SMILES string of the molecule is NC(=O)C1CCN(C(=O)Cc2nc(CCl)cs2)CC1. The van der Waals surface area contributed by atoms with Crippen LogP contribution in [0.1, 0.15) is 23.5 Å². The third kappa shape index (κ3) is 3.67. The molecule has 2 amide bonds. The van der Waals surface area contributed by atoms with Crippen LogP contribution in [0.5, 0.6) is 0 Å². The molecular formula is C12H16ClN3O2S. The number of halogens is 1. The van der Waals surface area contributed by atoms with Crippen molar-refractivity contribution in [2.75, 3.05) is 13.1 Å². The van der Waals surface area contributed by atoms with Gasteiger partial charge in [-0.2, -0.15) is 0 Å². The maximum Gasteiger partial charge on any atom is 0.229 e. The summed E-state index contributed by atoms with van der Waals surface area (Å²) in [6.07, 6.45) is 1.63. The third-order valence-corrected chi connectivity index (χ3v) is 4.46. The zero-order valence-electron chi connectivity index (χ0n) is 10.5. The maximum absolute atomic E-state index is 12.1. The van der Waals surface area contributed by atoms with Gasteiger partial charge >= 0.3 is 0 Å². The van der Waals surface area contributed by atoms with Crippen LogP contribution in [0.25, 0.3) is 0 Å². The van der Waals surface area contributed by atoms with Crippen molar-refractivity contribution >= 4 is 34.8 Å². The summed E-state index contributed by atoms with van der Waals surface area (Å²) in [6, 6.07) is 0. The Morgan fingerprint density at radius 3 is 2.68 bits per heavy atom. The minimum atomic E-state index is -0.265. The lowest BCUT2D eigenvalue weighted by molar-refractivity contribution is -0.134. The molecular weight excluding hydrogens is 286 g/mol. The summed E-state index contributed by atoms with van der Waals surface area (Å²) in [5, 5.41) is 2.66. The fourth-order valence-corrected chi connectivity index (χ4v) is 3.16. The molecule has 0 aliphatic carbocycles. The molecule has 1 aliphatic rings. The van der Waals surface area contributed by atoms with E-state index in [1.165, 1.54) is 11.3 Å². The molecule has 1 fully saturated rings. The molecule has 7 heteroatoms. The van der Waals surface area contributed by atoms with Gasteiger partial charge in [0.2, 0.25) is 11.8 Å². The number of hydrogen-bond acceptors (Lipinski definition) is 4. The minimum absolute atomic E-state index is 0.0541. The van der Waals surface area contributed by atoms with Crippen molar-refractivity contribution < 1.29 is 9.59 Å². The first-order valence-electron chi connectivity index (χ1n) is 6.16. The molecule has 2 N–H and O–H groups in total. The molecule has 19 heavy (non-hydrogen) atoms. The first-order chi connectivity index (χ1) is 9.10. The monoisotopic (exact) mass is 301 g/mol. The molecule has 2 heterocycles. The zero-order chi connectivity index (χ0) is 13.8. The summed E-state index contributed by atoms with van der Waals surface area (Å²) < 4.78 is 0. The van der Waals surface area contributed by atoms with Gasteiger partial charge < -0.3 is 10.6 Å². The van der Waals surface area contributed by atoms with Crippen molar-refractivity contribution in [3.8, 4) is 0 Å². The summed E-state index contributed by atoms with van der Waals surface area (Å²) in [7, 11) is 0. The van der Waals surface area contributed by atoms with Gasteiger partial charge in [-0.15, -0.1) is 22.9 Å². The molecule has 0 spiro atoms. The van der Waals surface area contributed by atoms with E-state index in [0.717, 1.165) is 10.7 Å². The third-order valence-electron chi connectivity index (χ3n) is 3.29. The first kappa shape index (κ1) is 14.3. The van der Waals surface area contributed by atoms with Gasteiger partial charge in [-0.1, -0.05) is 0 Å². The molecule has 104 valence electrons. The summed E-state index contributed by atoms with van der Waals surface area (Å²) in [6.45, 7) is 1.19. The predicted octanol–water partition coefficient (Wildman–Crippen LogP) is 1.15. The molecule has 0 bridgehead atoms. The highest BCUT2D eigenvalue weighted by Crippen LogP contribution is 2.18. The Kier molecular flexibility index (Phi) is 4.76. The molecule has 0 aromatic carbocycles. The van der Waals surface area contributed by atoms with Crippen LogP contribution in [0, 0.1) is 5.92 Å². The predicted molar refractivity (Wildman–Crippen MR) is 73.9 cm³/mol. The van der Waals surface area contributed by atoms with Crippen molar-refractivity contribution in [1.82, 2.24) is 9.88 Å². The van der Waals surface area contributed by atoms with Crippen molar-refractivity contribution in [1.29, 1.82) is 0 Å². The van der Waals surface area contributed by atoms with Crippen LogP contribution in [0.3, 0.4) is 0 Å². The van der Waals surface area contributed by atoms with E-state index < -0.39 is 0 Å². The van der Waals surface area contributed by atoms with E-state index in [-0.39, 0.29) is 17.7 Å². The van der Waals surface area contributed by atoms with E-state index in [2.05, 4.69) is 4.98 Å². The highest BCUT2D eigenvalue weighted by molar-refractivity contribution is 7.09. The molecule has 0 unspecified atom stereocenters. The van der Waals surface area contributed by atoms with E-state index in [9.17, 15) is 9.59 Å². The highest BCUT2D eigenvalue weighted by atomic mass is 35.5. The topological polar surface area (TPSA) is 76.3 Å². The number of carbonyl (C=O) groups excluding carboxylic acids is 2. The lowest BCUT2D eigenvalue weighted by Crippen LogP contribution is -2.42. The largest absolute Gasteiger partial charge is 0.369 e. The fraction of sp³-hybridized carbons (Fsp3) is 0.583. The molecule has 2 rings (SSSR count). The second-order valence-corrected chi connectivity index (χ2v) is 5.81. The Morgan fingerprint density at radius 2 is 2.16 bits per heavy atom. The summed E-state index contributed by atoms with van der Waals surface area (Å²) in [5.74, 6) is 0.0678. The van der Waals surface area contributed by atoms with Gasteiger partial charge in [-0.05, 0) is 12.8 Å². The van der Waals surface area contributed by atoms with E-state index >= 15 is 0 Å². The molecule has 1 aromatic heterocycles. The van der Waals surface area contributed by atoms with Crippen molar-refractivity contribution in [3.63, 3.8) is 0 Å². The van der Waals surface area contributed by atoms with Crippen LogP contribution >= 0.6 is 22.9 Å². The number of nitrogens with two attached hydrogens (primary N) is 1. The number of thiazole rings is 1. The Bertz CT molecular complexity index is 469. The van der Waals surface area contributed by atoms with Gasteiger partial charge in [0.15, 0.2) is 0 Å². The van der Waals surface area contributed by atoms with E-state index in [1.807, 2.05) is 5.38 Å². The molecule has 5 nitrogen and oxygen atoms in total. The average molecular weight is 302 g/mol. The number of nitrogens with zero attached hydrogens (tertiary/aromatic N) is 2. The van der Waals surface area contributed by atoms with Crippen molar-refractivity contribution in [2.45, 2.75) is 25.1 Å². The quantitative estimate of drug-likeness (QED) is 0.848. The lowest BCUT2D eigenvalue weighted by Gasteiger charge is -2.30. The van der Waals surface area contributed by atoms with Gasteiger partial charge in [0.05, 0.1) is 18.0 Å². The lowest BCUT2D eigenvalue weighted by atomic mass is 9.96. The average Bonchev–Trinajstić information content (AvgIpc) is 2.86. The zero-order valence-corrected chi connectivity index (χ0v) is 12.0. The maximum atomic E-state index is 12.1. The number of hydrogen-bond donors (Lipinski definition) is 1. The number of aromatic nitrogens is 1. The van der Waals surface area contributed by atoms with Crippen LogP contribution < -0.4 is 5.73 Å². The number of carbonyl (C=O) groups is 2. The second-order valence-electron chi connectivity index (χ2n) is 4.60. The fourth-order valence-electron chi connectivity index (χ4n) is 2.15. The number of piperidine rings is 1. The van der Waals surface area contributed by atoms with Crippen LogP contribution in [0.2, 0.25) is 0 Å². The van der Waals surface area contributed by atoms with Gasteiger partial charge in [0, 0.05) is 24.4 Å². The summed E-state index contributed by atoms with van der Waals surface area (Å²) in [4.78, 5) is 29.2. The van der Waals surface area contributed by atoms with Crippen LogP contribution in [-0.4, -0.2) is 34.8 Å². The highest BCUT2D eigenvalue weighted by Gasteiger charge is 2.26. The second kappa shape index (κ2) is 6.34. The Hall–Kier alpha value is -1.14. The molecule has 0 saturated carbocycles. The summed E-state index contributed by atoms with van der Waals surface area (Å²) in [5.41, 5.74) is 6.07. The molecule has 0 radical (unpaired) electrons. The molecule has 1 saturated heterocycles. The summed E-state index contributed by atoms with van der Waals surface area (Å²) >= 11 is 7.13. The molecule has 1 aliphatic heterocycles. The standard InChI is InChI=1S/C12H16ClN3O2S/c13-6-9-7-19-10(15-9)5-11(17)16-3-1-8(2-4-16)12(14)18/h7-8H,1-6H2,(H2,14,18). The Balaban J connectivity index is 1.86. The van der Waals surface area contributed by atoms with Gasteiger partial charge in [0.1, 0.15) is 5.01 Å². The van der Waals surface area contributed by atoms with E-state index in [0.29, 0.717) is 38.2 Å². The number of alkyl halides is 1.